The molecule has 3 rings (SSSR count). The van der Waals surface area contributed by atoms with Crippen LogP contribution < -0.4 is 4.90 Å². The Hall–Kier alpha value is -1.42. The van der Waals surface area contributed by atoms with Crippen molar-refractivity contribution < 1.29 is 4.39 Å². The van der Waals surface area contributed by atoms with Gasteiger partial charge >= 0.3 is 0 Å². The lowest BCUT2D eigenvalue weighted by Gasteiger charge is -2.32. The van der Waals surface area contributed by atoms with Gasteiger partial charge in [0.15, 0.2) is 5.13 Å². The van der Waals surface area contributed by atoms with E-state index in [1.807, 2.05) is 17.6 Å². The van der Waals surface area contributed by atoms with Crippen LogP contribution in [0.4, 0.5) is 9.52 Å². The summed E-state index contributed by atoms with van der Waals surface area (Å²) >= 11 is 1.71. The van der Waals surface area contributed by atoms with Crippen molar-refractivity contribution >= 4 is 16.5 Å². The van der Waals surface area contributed by atoms with E-state index < -0.39 is 0 Å². The number of rotatable bonds is 4. The Bertz CT molecular complexity index is 541. The standard InChI is InChI=1S/C16H19FN2S/c17-15-5-1-3-13(11-15)6-7-14-4-2-9-19(12-14)16-18-8-10-20-16/h1,3,5,8,10-11,14H,2,4,6-7,9,12H2. The van der Waals surface area contributed by atoms with Gasteiger partial charge in [0.05, 0.1) is 0 Å². The fraction of sp³-hybridized carbons (Fsp3) is 0.438. The third-order valence-corrected chi connectivity index (χ3v) is 4.77. The van der Waals surface area contributed by atoms with Gasteiger partial charge in [-0.15, -0.1) is 11.3 Å². The normalized spacial score (nSPS) is 19.2. The number of halogens is 1. The number of hydrogen-bond donors (Lipinski definition) is 0. The van der Waals surface area contributed by atoms with Crippen molar-refractivity contribution in [3.63, 3.8) is 0 Å². The Labute approximate surface area is 123 Å². The third kappa shape index (κ3) is 3.37. The van der Waals surface area contributed by atoms with Crippen molar-refractivity contribution in [1.29, 1.82) is 0 Å². The van der Waals surface area contributed by atoms with Crippen LogP contribution in [0.15, 0.2) is 35.8 Å². The second-order valence-corrected chi connectivity index (χ2v) is 6.31. The van der Waals surface area contributed by atoms with E-state index >= 15 is 0 Å². The van der Waals surface area contributed by atoms with Gasteiger partial charge < -0.3 is 4.90 Å². The topological polar surface area (TPSA) is 16.1 Å². The molecule has 4 heteroatoms. The smallest absolute Gasteiger partial charge is 0.185 e. The zero-order chi connectivity index (χ0) is 13.8. The van der Waals surface area contributed by atoms with Gasteiger partial charge in [-0.3, -0.25) is 0 Å². The Morgan fingerprint density at radius 3 is 3.15 bits per heavy atom. The molecule has 2 nitrogen and oxygen atoms in total. The van der Waals surface area contributed by atoms with Crippen molar-refractivity contribution in [2.45, 2.75) is 25.7 Å². The fourth-order valence-electron chi connectivity index (χ4n) is 2.91. The highest BCUT2D eigenvalue weighted by Gasteiger charge is 2.21. The highest BCUT2D eigenvalue weighted by Crippen LogP contribution is 2.27. The summed E-state index contributed by atoms with van der Waals surface area (Å²) in [5.74, 6) is 0.562. The third-order valence-electron chi connectivity index (χ3n) is 3.94. The number of aromatic nitrogens is 1. The first-order chi connectivity index (χ1) is 9.81. The van der Waals surface area contributed by atoms with E-state index in [1.54, 1.807) is 23.5 Å². The molecule has 1 aliphatic rings. The van der Waals surface area contributed by atoms with Crippen molar-refractivity contribution in [1.82, 2.24) is 4.98 Å². The largest absolute Gasteiger partial charge is 0.348 e. The van der Waals surface area contributed by atoms with Gasteiger partial charge in [0.1, 0.15) is 5.82 Å². The molecule has 0 N–H and O–H groups in total. The first-order valence-electron chi connectivity index (χ1n) is 7.20. The van der Waals surface area contributed by atoms with Crippen LogP contribution >= 0.6 is 11.3 Å². The van der Waals surface area contributed by atoms with Gasteiger partial charge in [0.2, 0.25) is 0 Å². The van der Waals surface area contributed by atoms with E-state index in [2.05, 4.69) is 9.88 Å². The number of benzene rings is 1. The summed E-state index contributed by atoms with van der Waals surface area (Å²) in [5.41, 5.74) is 1.11. The maximum atomic E-state index is 13.2. The zero-order valence-electron chi connectivity index (χ0n) is 11.5. The number of nitrogens with zero attached hydrogens (tertiary/aromatic N) is 2. The lowest BCUT2D eigenvalue weighted by molar-refractivity contribution is 0.391. The minimum Gasteiger partial charge on any atom is -0.348 e. The predicted octanol–water partition coefficient (Wildman–Crippen LogP) is 4.13. The van der Waals surface area contributed by atoms with Crippen molar-refractivity contribution in [2.24, 2.45) is 5.92 Å². The maximum Gasteiger partial charge on any atom is 0.185 e. The van der Waals surface area contributed by atoms with Crippen LogP contribution in [-0.4, -0.2) is 18.1 Å². The van der Waals surface area contributed by atoms with Crippen LogP contribution in [0.5, 0.6) is 0 Å². The molecule has 0 bridgehead atoms. The Balaban J connectivity index is 1.55. The van der Waals surface area contributed by atoms with Gasteiger partial charge in [-0.2, -0.15) is 0 Å². The number of aryl methyl sites for hydroxylation is 1. The first-order valence-corrected chi connectivity index (χ1v) is 8.08. The minimum absolute atomic E-state index is 0.129. The molecule has 1 aromatic carbocycles. The summed E-state index contributed by atoms with van der Waals surface area (Å²) in [4.78, 5) is 6.79. The average molecular weight is 290 g/mol. The molecule has 1 unspecified atom stereocenters. The van der Waals surface area contributed by atoms with E-state index in [0.717, 1.165) is 36.6 Å². The summed E-state index contributed by atoms with van der Waals surface area (Å²) in [6.45, 7) is 2.20. The van der Waals surface area contributed by atoms with Crippen molar-refractivity contribution in [2.75, 3.05) is 18.0 Å². The number of piperidine rings is 1. The summed E-state index contributed by atoms with van der Waals surface area (Å²) in [5, 5.41) is 3.17. The van der Waals surface area contributed by atoms with Gasteiger partial charge in [0, 0.05) is 24.7 Å². The summed E-state index contributed by atoms with van der Waals surface area (Å²) in [7, 11) is 0. The van der Waals surface area contributed by atoms with E-state index in [9.17, 15) is 4.39 Å². The van der Waals surface area contributed by atoms with Gasteiger partial charge in [-0.05, 0) is 49.3 Å². The molecule has 1 aromatic heterocycles. The Kier molecular flexibility index (Phi) is 4.31. The second kappa shape index (κ2) is 6.35. The lowest BCUT2D eigenvalue weighted by atomic mass is 9.92. The quantitative estimate of drug-likeness (QED) is 0.841. The molecule has 2 heterocycles. The van der Waals surface area contributed by atoms with Crippen LogP contribution in [0.1, 0.15) is 24.8 Å². The van der Waals surface area contributed by atoms with Crippen LogP contribution in [0.3, 0.4) is 0 Å². The predicted molar refractivity (Wildman–Crippen MR) is 81.8 cm³/mol. The summed E-state index contributed by atoms with van der Waals surface area (Å²) in [6, 6.07) is 6.98. The monoisotopic (exact) mass is 290 g/mol. The number of thiazole rings is 1. The van der Waals surface area contributed by atoms with Crippen LogP contribution in [-0.2, 0) is 6.42 Å². The zero-order valence-corrected chi connectivity index (χ0v) is 12.3. The van der Waals surface area contributed by atoms with E-state index in [0.29, 0.717) is 5.92 Å². The van der Waals surface area contributed by atoms with E-state index in [1.165, 1.54) is 18.9 Å². The SMILES string of the molecule is Fc1cccc(CCC2CCCN(c3nccs3)C2)c1. The molecular formula is C16H19FN2S. The number of anilines is 1. The van der Waals surface area contributed by atoms with Gasteiger partial charge in [-0.1, -0.05) is 12.1 Å². The van der Waals surface area contributed by atoms with Gasteiger partial charge in [-0.25, -0.2) is 9.37 Å². The maximum absolute atomic E-state index is 13.2. The molecule has 1 aliphatic heterocycles. The molecule has 1 atom stereocenters. The molecule has 0 aliphatic carbocycles. The molecule has 0 radical (unpaired) electrons. The average Bonchev–Trinajstić information content (AvgIpc) is 3.00. The number of hydrogen-bond acceptors (Lipinski definition) is 3. The van der Waals surface area contributed by atoms with Gasteiger partial charge in [0.25, 0.3) is 0 Å². The van der Waals surface area contributed by atoms with Crippen molar-refractivity contribution in [3.8, 4) is 0 Å². The highest BCUT2D eigenvalue weighted by atomic mass is 32.1. The lowest BCUT2D eigenvalue weighted by Crippen LogP contribution is -2.35. The summed E-state index contributed by atoms with van der Waals surface area (Å²) in [6.07, 6.45) is 6.47. The minimum atomic E-state index is -0.129. The highest BCUT2D eigenvalue weighted by molar-refractivity contribution is 7.13. The fourth-order valence-corrected chi connectivity index (χ4v) is 3.59. The first kappa shape index (κ1) is 13.6. The molecule has 20 heavy (non-hydrogen) atoms. The molecule has 0 amide bonds. The molecule has 2 aromatic rings. The van der Waals surface area contributed by atoms with Crippen molar-refractivity contribution in [3.05, 3.63) is 47.2 Å². The molecule has 0 saturated carbocycles. The Morgan fingerprint density at radius 1 is 1.40 bits per heavy atom. The molecule has 1 fully saturated rings. The molecule has 0 spiro atoms. The van der Waals surface area contributed by atoms with Crippen LogP contribution in [0.2, 0.25) is 0 Å². The van der Waals surface area contributed by atoms with Crippen LogP contribution in [0, 0.1) is 11.7 Å². The molecule has 1 saturated heterocycles. The second-order valence-electron chi connectivity index (χ2n) is 5.44. The summed E-state index contributed by atoms with van der Waals surface area (Å²) < 4.78 is 13.2. The van der Waals surface area contributed by atoms with E-state index in [-0.39, 0.29) is 5.82 Å². The van der Waals surface area contributed by atoms with E-state index in [4.69, 9.17) is 0 Å². The Morgan fingerprint density at radius 2 is 2.35 bits per heavy atom. The molecular weight excluding hydrogens is 271 g/mol. The molecule has 106 valence electrons. The van der Waals surface area contributed by atoms with Crippen LogP contribution in [0.25, 0.3) is 0 Å².